The highest BCUT2D eigenvalue weighted by Gasteiger charge is 2.18. The Morgan fingerprint density at radius 2 is 1.79 bits per heavy atom. The number of carbonyl (C=O) groups excluding carboxylic acids is 1. The van der Waals surface area contributed by atoms with Crippen molar-refractivity contribution in [2.24, 2.45) is 0 Å². The Labute approximate surface area is 130 Å². The van der Waals surface area contributed by atoms with Crippen LogP contribution in [0.4, 0.5) is 14.5 Å². The Morgan fingerprint density at radius 3 is 2.37 bits per heavy atom. The Balaban J connectivity index is 2.31. The minimum absolute atomic E-state index is 0.244. The fourth-order valence-corrected chi connectivity index (χ4v) is 2.46. The van der Waals surface area contributed by atoms with Crippen LogP contribution in [0.3, 0.4) is 0 Å². The largest absolute Gasteiger partial charge is 0.322 e. The monoisotopic (exact) mass is 437 g/mol. The summed E-state index contributed by atoms with van der Waals surface area (Å²) in [4.78, 5) is 11.9. The molecule has 0 spiro atoms. The lowest BCUT2D eigenvalue weighted by molar-refractivity contribution is 0.101. The number of hydrogen-bond acceptors (Lipinski definition) is 1. The van der Waals surface area contributed by atoms with Crippen LogP contribution >= 0.6 is 38.5 Å². The molecule has 6 heteroatoms. The maximum absolute atomic E-state index is 13.6. The highest BCUT2D eigenvalue weighted by atomic mass is 127. The quantitative estimate of drug-likeness (QED) is 0.684. The van der Waals surface area contributed by atoms with Gasteiger partial charge in [-0.05, 0) is 52.9 Å². The van der Waals surface area contributed by atoms with E-state index in [1.54, 1.807) is 18.2 Å². The van der Waals surface area contributed by atoms with Crippen LogP contribution in [-0.2, 0) is 0 Å². The van der Waals surface area contributed by atoms with Gasteiger partial charge in [0.1, 0.15) is 17.2 Å². The standard InChI is InChI=1S/C13H7BrF2INO/c14-7-4-10(15)12(11(16)5-7)13(19)18-9-3-1-2-8(17)6-9/h1-6H,(H,18,19). The van der Waals surface area contributed by atoms with E-state index >= 15 is 0 Å². The second kappa shape index (κ2) is 5.96. The highest BCUT2D eigenvalue weighted by molar-refractivity contribution is 14.1. The van der Waals surface area contributed by atoms with E-state index < -0.39 is 23.1 Å². The van der Waals surface area contributed by atoms with E-state index in [0.717, 1.165) is 15.7 Å². The molecule has 0 heterocycles. The van der Waals surface area contributed by atoms with Crippen LogP contribution in [-0.4, -0.2) is 5.91 Å². The first kappa shape index (κ1) is 14.4. The number of benzene rings is 2. The Kier molecular flexibility index (Phi) is 4.51. The molecule has 0 radical (unpaired) electrons. The van der Waals surface area contributed by atoms with Crippen molar-refractivity contribution in [3.63, 3.8) is 0 Å². The van der Waals surface area contributed by atoms with Gasteiger partial charge in [-0.1, -0.05) is 22.0 Å². The molecule has 0 aliphatic carbocycles. The van der Waals surface area contributed by atoms with Gasteiger partial charge in [-0.3, -0.25) is 4.79 Å². The number of anilines is 1. The average Bonchev–Trinajstić information content (AvgIpc) is 2.27. The molecule has 0 atom stereocenters. The summed E-state index contributed by atoms with van der Waals surface area (Å²) < 4.78 is 28.4. The topological polar surface area (TPSA) is 29.1 Å². The molecule has 1 amide bonds. The third-order valence-corrected chi connectivity index (χ3v) is 3.45. The van der Waals surface area contributed by atoms with Crippen molar-refractivity contribution in [2.45, 2.75) is 0 Å². The summed E-state index contributed by atoms with van der Waals surface area (Å²) in [6, 6.07) is 9.03. The number of carbonyl (C=O) groups is 1. The van der Waals surface area contributed by atoms with Crippen molar-refractivity contribution in [1.82, 2.24) is 0 Å². The van der Waals surface area contributed by atoms with E-state index in [1.807, 2.05) is 6.07 Å². The molecule has 0 bridgehead atoms. The van der Waals surface area contributed by atoms with Crippen molar-refractivity contribution < 1.29 is 13.6 Å². The molecule has 19 heavy (non-hydrogen) atoms. The third kappa shape index (κ3) is 3.50. The van der Waals surface area contributed by atoms with E-state index in [0.29, 0.717) is 5.69 Å². The zero-order chi connectivity index (χ0) is 14.0. The van der Waals surface area contributed by atoms with Gasteiger partial charge in [0.25, 0.3) is 5.91 Å². The van der Waals surface area contributed by atoms with Crippen LogP contribution in [0.2, 0.25) is 0 Å². The van der Waals surface area contributed by atoms with Gasteiger partial charge in [-0.2, -0.15) is 0 Å². The van der Waals surface area contributed by atoms with Crippen molar-refractivity contribution in [3.8, 4) is 0 Å². The first-order valence-electron chi connectivity index (χ1n) is 5.19. The van der Waals surface area contributed by atoms with Crippen LogP contribution in [0.1, 0.15) is 10.4 Å². The molecule has 0 saturated carbocycles. The molecule has 2 aromatic carbocycles. The summed E-state index contributed by atoms with van der Waals surface area (Å²) in [5, 5.41) is 2.46. The van der Waals surface area contributed by atoms with Crippen LogP contribution in [0.5, 0.6) is 0 Å². The summed E-state index contributed by atoms with van der Waals surface area (Å²) in [5.41, 5.74) is -0.110. The van der Waals surface area contributed by atoms with Crippen molar-refractivity contribution in [2.75, 3.05) is 5.32 Å². The van der Waals surface area contributed by atoms with Gasteiger partial charge in [0, 0.05) is 13.7 Å². The molecule has 2 nitrogen and oxygen atoms in total. The first-order valence-corrected chi connectivity index (χ1v) is 7.06. The third-order valence-electron chi connectivity index (χ3n) is 2.32. The maximum Gasteiger partial charge on any atom is 0.261 e. The molecule has 1 N–H and O–H groups in total. The van der Waals surface area contributed by atoms with E-state index in [9.17, 15) is 13.6 Å². The molecule has 0 saturated heterocycles. The lowest BCUT2D eigenvalue weighted by Gasteiger charge is -2.08. The van der Waals surface area contributed by atoms with Crippen molar-refractivity contribution in [3.05, 3.63) is 61.6 Å². The molecule has 0 aliphatic rings. The van der Waals surface area contributed by atoms with Gasteiger partial charge in [0.2, 0.25) is 0 Å². The van der Waals surface area contributed by atoms with E-state index in [1.165, 1.54) is 0 Å². The molecule has 0 fully saturated rings. The summed E-state index contributed by atoms with van der Waals surface area (Å²) in [5.74, 6) is -2.63. The molecule has 0 unspecified atom stereocenters. The van der Waals surface area contributed by atoms with Crippen molar-refractivity contribution in [1.29, 1.82) is 0 Å². The minimum Gasteiger partial charge on any atom is -0.322 e. The first-order chi connectivity index (χ1) is 8.97. The molecular weight excluding hydrogens is 431 g/mol. The van der Waals surface area contributed by atoms with Crippen LogP contribution in [0.15, 0.2) is 40.9 Å². The molecular formula is C13H7BrF2INO. The predicted octanol–water partition coefficient (Wildman–Crippen LogP) is 4.58. The SMILES string of the molecule is O=C(Nc1cccc(I)c1)c1c(F)cc(Br)cc1F. The molecule has 2 aromatic rings. The molecule has 2 rings (SSSR count). The Bertz CT molecular complexity index is 625. The van der Waals surface area contributed by atoms with Crippen molar-refractivity contribution >= 4 is 50.1 Å². The van der Waals surface area contributed by atoms with Gasteiger partial charge in [0.05, 0.1) is 0 Å². The predicted molar refractivity (Wildman–Crippen MR) is 81.2 cm³/mol. The summed E-state index contributed by atoms with van der Waals surface area (Å²) in [6.07, 6.45) is 0. The van der Waals surface area contributed by atoms with E-state index in [4.69, 9.17) is 0 Å². The van der Waals surface area contributed by atoms with Crippen LogP contribution in [0.25, 0.3) is 0 Å². The lowest BCUT2D eigenvalue weighted by Crippen LogP contribution is -2.16. The summed E-state index contributed by atoms with van der Waals surface area (Å²) in [6.45, 7) is 0. The second-order valence-electron chi connectivity index (χ2n) is 3.71. The smallest absolute Gasteiger partial charge is 0.261 e. The molecule has 0 aliphatic heterocycles. The Morgan fingerprint density at radius 1 is 1.16 bits per heavy atom. The lowest BCUT2D eigenvalue weighted by atomic mass is 10.2. The van der Waals surface area contributed by atoms with Crippen LogP contribution < -0.4 is 5.32 Å². The van der Waals surface area contributed by atoms with Gasteiger partial charge < -0.3 is 5.32 Å². The number of rotatable bonds is 2. The van der Waals surface area contributed by atoms with Gasteiger partial charge in [0.15, 0.2) is 0 Å². The van der Waals surface area contributed by atoms with Gasteiger partial charge in [-0.25, -0.2) is 8.78 Å². The second-order valence-corrected chi connectivity index (χ2v) is 5.87. The normalized spacial score (nSPS) is 10.3. The molecule has 0 aromatic heterocycles. The van der Waals surface area contributed by atoms with Gasteiger partial charge >= 0.3 is 0 Å². The summed E-state index contributed by atoms with van der Waals surface area (Å²) in [7, 11) is 0. The van der Waals surface area contributed by atoms with E-state index in [-0.39, 0.29) is 4.47 Å². The minimum atomic E-state index is -0.907. The molecule has 98 valence electrons. The number of hydrogen-bond donors (Lipinski definition) is 1. The van der Waals surface area contributed by atoms with E-state index in [2.05, 4.69) is 43.8 Å². The number of amides is 1. The fraction of sp³-hybridized carbons (Fsp3) is 0. The average molecular weight is 438 g/mol. The maximum atomic E-state index is 13.6. The fourth-order valence-electron chi connectivity index (χ4n) is 1.52. The highest BCUT2D eigenvalue weighted by Crippen LogP contribution is 2.21. The Hall–Kier alpha value is -1.02. The zero-order valence-corrected chi connectivity index (χ0v) is 13.1. The van der Waals surface area contributed by atoms with Gasteiger partial charge in [-0.15, -0.1) is 0 Å². The number of nitrogens with one attached hydrogen (secondary N) is 1. The summed E-state index contributed by atoms with van der Waals surface area (Å²) >= 11 is 5.04. The zero-order valence-electron chi connectivity index (χ0n) is 9.38. The number of halogens is 4. The van der Waals surface area contributed by atoms with Crippen LogP contribution in [0, 0.1) is 15.2 Å².